The maximum absolute atomic E-state index is 3.68. The summed E-state index contributed by atoms with van der Waals surface area (Å²) in [7, 11) is 0. The topological polar surface area (TPSA) is 12.0 Å². The summed E-state index contributed by atoms with van der Waals surface area (Å²) in [4.78, 5) is 0. The zero-order valence-corrected chi connectivity index (χ0v) is 8.06. The van der Waals surface area contributed by atoms with E-state index in [0.717, 1.165) is 5.92 Å². The molecule has 0 aliphatic carbocycles. The third kappa shape index (κ3) is 5.96. The van der Waals surface area contributed by atoms with E-state index in [1.807, 2.05) is 6.20 Å². The molecule has 0 spiro atoms. The number of hydrogen-bond acceptors (Lipinski definition) is 1. The molecule has 66 valence electrons. The Morgan fingerprint density at radius 3 is 2.45 bits per heavy atom. The van der Waals surface area contributed by atoms with Crippen LogP contribution in [0, 0.1) is 5.92 Å². The van der Waals surface area contributed by atoms with E-state index in [4.69, 9.17) is 0 Å². The molecule has 0 fully saturated rings. The molecule has 0 aliphatic heterocycles. The van der Waals surface area contributed by atoms with Crippen molar-refractivity contribution in [2.45, 2.75) is 46.1 Å². The van der Waals surface area contributed by atoms with E-state index < -0.39 is 0 Å². The molecule has 0 bridgehead atoms. The number of hydrogen-bond donors (Lipinski definition) is 1. The van der Waals surface area contributed by atoms with Crippen LogP contribution >= 0.6 is 0 Å². The van der Waals surface area contributed by atoms with Crippen molar-refractivity contribution in [2.75, 3.05) is 0 Å². The molecule has 0 saturated carbocycles. The van der Waals surface area contributed by atoms with E-state index in [2.05, 4.69) is 32.7 Å². The average Bonchev–Trinajstić information content (AvgIpc) is 1.87. The molecule has 1 nitrogen and oxygen atoms in total. The van der Waals surface area contributed by atoms with Crippen molar-refractivity contribution in [3.8, 4) is 0 Å². The lowest BCUT2D eigenvalue weighted by Crippen LogP contribution is -2.25. The zero-order chi connectivity index (χ0) is 8.69. The Labute approximate surface area is 70.9 Å². The van der Waals surface area contributed by atoms with Crippen molar-refractivity contribution in [2.24, 2.45) is 5.92 Å². The van der Waals surface area contributed by atoms with Crippen LogP contribution in [0.2, 0.25) is 0 Å². The Hall–Kier alpha value is -0.460. The second-order valence-corrected chi connectivity index (χ2v) is 3.49. The second-order valence-electron chi connectivity index (χ2n) is 3.49. The van der Waals surface area contributed by atoms with Crippen LogP contribution in [0.5, 0.6) is 0 Å². The van der Waals surface area contributed by atoms with Gasteiger partial charge in [-0.1, -0.05) is 33.8 Å². The molecule has 1 unspecified atom stereocenters. The SMILES string of the molecule is C=CNC(CCC)CC(C)C. The predicted molar refractivity (Wildman–Crippen MR) is 51.5 cm³/mol. The molecule has 0 aromatic carbocycles. The summed E-state index contributed by atoms with van der Waals surface area (Å²) in [5.74, 6) is 0.777. The number of nitrogens with one attached hydrogen (secondary N) is 1. The van der Waals surface area contributed by atoms with E-state index in [0.29, 0.717) is 6.04 Å². The minimum absolute atomic E-state index is 0.637. The van der Waals surface area contributed by atoms with Gasteiger partial charge in [-0.05, 0) is 25.0 Å². The lowest BCUT2D eigenvalue weighted by molar-refractivity contribution is 0.430. The van der Waals surface area contributed by atoms with Gasteiger partial charge in [0.25, 0.3) is 0 Å². The minimum Gasteiger partial charge on any atom is -0.389 e. The Bertz CT molecular complexity index is 97.0. The van der Waals surface area contributed by atoms with Gasteiger partial charge in [0.05, 0.1) is 0 Å². The first-order chi connectivity index (χ1) is 5.20. The lowest BCUT2D eigenvalue weighted by Gasteiger charge is -2.18. The summed E-state index contributed by atoms with van der Waals surface area (Å²) >= 11 is 0. The van der Waals surface area contributed by atoms with Crippen molar-refractivity contribution in [3.63, 3.8) is 0 Å². The van der Waals surface area contributed by atoms with E-state index >= 15 is 0 Å². The van der Waals surface area contributed by atoms with Crippen LogP contribution in [0.15, 0.2) is 12.8 Å². The molecule has 0 radical (unpaired) electrons. The molecule has 0 heterocycles. The van der Waals surface area contributed by atoms with Gasteiger partial charge in [-0.3, -0.25) is 0 Å². The van der Waals surface area contributed by atoms with E-state index in [9.17, 15) is 0 Å². The van der Waals surface area contributed by atoms with E-state index in [1.54, 1.807) is 0 Å². The summed E-state index contributed by atoms with van der Waals surface area (Å²) in [6, 6.07) is 0.637. The largest absolute Gasteiger partial charge is 0.389 e. The molecule has 1 heteroatoms. The summed E-state index contributed by atoms with van der Waals surface area (Å²) in [5, 5.41) is 3.28. The van der Waals surface area contributed by atoms with E-state index in [-0.39, 0.29) is 0 Å². The first-order valence-corrected chi connectivity index (χ1v) is 4.57. The van der Waals surface area contributed by atoms with Gasteiger partial charge in [-0.25, -0.2) is 0 Å². The molecule has 0 aromatic rings. The lowest BCUT2D eigenvalue weighted by atomic mass is 10.0. The normalized spacial score (nSPS) is 13.1. The van der Waals surface area contributed by atoms with Crippen molar-refractivity contribution in [1.29, 1.82) is 0 Å². The fraction of sp³-hybridized carbons (Fsp3) is 0.800. The molecule has 0 aromatic heterocycles. The summed E-state index contributed by atoms with van der Waals surface area (Å²) in [6.45, 7) is 10.4. The first kappa shape index (κ1) is 10.5. The summed E-state index contributed by atoms with van der Waals surface area (Å²) in [6.07, 6.45) is 5.56. The summed E-state index contributed by atoms with van der Waals surface area (Å²) in [5.41, 5.74) is 0. The van der Waals surface area contributed by atoms with Crippen LogP contribution in [-0.2, 0) is 0 Å². The molecule has 1 N–H and O–H groups in total. The van der Waals surface area contributed by atoms with Crippen LogP contribution in [0.4, 0.5) is 0 Å². The standard InChI is InChI=1S/C10H21N/c1-5-7-10(11-6-2)8-9(3)4/h6,9-11H,2,5,7-8H2,1,3-4H3. The Kier molecular flexibility index (Phi) is 6.00. The highest BCUT2D eigenvalue weighted by molar-refractivity contribution is 4.74. The second kappa shape index (κ2) is 6.26. The fourth-order valence-corrected chi connectivity index (χ4v) is 1.35. The highest BCUT2D eigenvalue weighted by Crippen LogP contribution is 2.09. The quantitative estimate of drug-likeness (QED) is 0.622. The highest BCUT2D eigenvalue weighted by Gasteiger charge is 2.06. The monoisotopic (exact) mass is 155 g/mol. The van der Waals surface area contributed by atoms with Gasteiger partial charge >= 0.3 is 0 Å². The van der Waals surface area contributed by atoms with Gasteiger partial charge in [0.15, 0.2) is 0 Å². The molecule has 0 saturated heterocycles. The third-order valence-electron chi connectivity index (χ3n) is 1.75. The van der Waals surface area contributed by atoms with Crippen molar-refractivity contribution >= 4 is 0 Å². The van der Waals surface area contributed by atoms with E-state index in [1.165, 1.54) is 19.3 Å². The molecular formula is C10H21N. The van der Waals surface area contributed by atoms with Crippen LogP contribution in [-0.4, -0.2) is 6.04 Å². The van der Waals surface area contributed by atoms with Gasteiger partial charge in [0.2, 0.25) is 0 Å². The van der Waals surface area contributed by atoms with Crippen molar-refractivity contribution in [3.05, 3.63) is 12.8 Å². The predicted octanol–water partition coefficient (Wildman–Crippen LogP) is 2.93. The Balaban J connectivity index is 3.58. The van der Waals surface area contributed by atoms with Gasteiger partial charge in [-0.2, -0.15) is 0 Å². The van der Waals surface area contributed by atoms with Crippen LogP contribution in [0.3, 0.4) is 0 Å². The maximum atomic E-state index is 3.68. The molecular weight excluding hydrogens is 134 g/mol. The van der Waals surface area contributed by atoms with Gasteiger partial charge in [0.1, 0.15) is 0 Å². The van der Waals surface area contributed by atoms with Gasteiger partial charge < -0.3 is 5.32 Å². The number of rotatable bonds is 6. The average molecular weight is 155 g/mol. The Morgan fingerprint density at radius 2 is 2.09 bits per heavy atom. The van der Waals surface area contributed by atoms with Crippen LogP contribution < -0.4 is 5.32 Å². The molecule has 1 atom stereocenters. The minimum atomic E-state index is 0.637. The maximum Gasteiger partial charge on any atom is 0.0257 e. The van der Waals surface area contributed by atoms with Crippen LogP contribution in [0.25, 0.3) is 0 Å². The third-order valence-corrected chi connectivity index (χ3v) is 1.75. The van der Waals surface area contributed by atoms with Crippen LogP contribution in [0.1, 0.15) is 40.0 Å². The molecule has 0 amide bonds. The zero-order valence-electron chi connectivity index (χ0n) is 8.06. The smallest absolute Gasteiger partial charge is 0.0257 e. The molecule has 0 rings (SSSR count). The van der Waals surface area contributed by atoms with Crippen molar-refractivity contribution in [1.82, 2.24) is 5.32 Å². The highest BCUT2D eigenvalue weighted by atomic mass is 14.9. The van der Waals surface area contributed by atoms with Gasteiger partial charge in [-0.15, -0.1) is 0 Å². The Morgan fingerprint density at radius 1 is 1.45 bits per heavy atom. The summed E-state index contributed by atoms with van der Waals surface area (Å²) < 4.78 is 0. The van der Waals surface area contributed by atoms with Gasteiger partial charge in [0, 0.05) is 6.04 Å². The molecule has 11 heavy (non-hydrogen) atoms. The first-order valence-electron chi connectivity index (χ1n) is 4.57. The van der Waals surface area contributed by atoms with Crippen molar-refractivity contribution < 1.29 is 0 Å². The molecule has 0 aliphatic rings. The fourth-order valence-electron chi connectivity index (χ4n) is 1.35.